The lowest BCUT2D eigenvalue weighted by Gasteiger charge is -2.03. The highest BCUT2D eigenvalue weighted by molar-refractivity contribution is 7.07. The van der Waals surface area contributed by atoms with Crippen LogP contribution in [0.5, 0.6) is 0 Å². The number of hydrogen-bond acceptors (Lipinski definition) is 5. The fourth-order valence-corrected chi connectivity index (χ4v) is 2.53. The molecule has 2 aromatic heterocycles. The lowest BCUT2D eigenvalue weighted by atomic mass is 10.2. The second kappa shape index (κ2) is 4.77. The molecule has 0 amide bonds. The Bertz CT molecular complexity index is 720. The van der Waals surface area contributed by atoms with E-state index >= 15 is 0 Å². The van der Waals surface area contributed by atoms with Crippen molar-refractivity contribution in [3.05, 3.63) is 40.3 Å². The number of carboxylic acid groups (broad SMARTS) is 1. The van der Waals surface area contributed by atoms with E-state index in [1.807, 2.05) is 5.38 Å². The number of aryl methyl sites for hydroxylation is 2. The number of thiazole rings is 1. The molecule has 0 spiro atoms. The maximum absolute atomic E-state index is 11.2. The minimum atomic E-state index is -0.970. The Kier molecular flexibility index (Phi) is 2.96. The van der Waals surface area contributed by atoms with Crippen molar-refractivity contribution in [2.24, 2.45) is 0 Å². The molecule has 0 fully saturated rings. The van der Waals surface area contributed by atoms with Crippen LogP contribution in [0, 0.1) is 0 Å². The first-order valence-electron chi connectivity index (χ1n) is 5.68. The molecule has 0 saturated carbocycles. The van der Waals surface area contributed by atoms with E-state index < -0.39 is 5.97 Å². The van der Waals surface area contributed by atoms with Gasteiger partial charge in [-0.1, -0.05) is 11.3 Å². The van der Waals surface area contributed by atoms with Gasteiger partial charge in [0.1, 0.15) is 11.0 Å². The van der Waals surface area contributed by atoms with Gasteiger partial charge in [-0.2, -0.15) is 0 Å². The van der Waals surface area contributed by atoms with Crippen LogP contribution in [0.25, 0.3) is 11.0 Å². The number of nitrogens with zero attached hydrogens (tertiary/aromatic N) is 4. The van der Waals surface area contributed by atoms with Crippen molar-refractivity contribution in [3.63, 3.8) is 0 Å². The molecule has 7 heteroatoms. The zero-order valence-electron chi connectivity index (χ0n) is 9.85. The molecular formula is C12H10N4O2S. The number of carbonyl (C=O) groups is 1. The molecule has 0 aliphatic carbocycles. The van der Waals surface area contributed by atoms with Crippen molar-refractivity contribution in [3.8, 4) is 0 Å². The molecule has 0 unspecified atom stereocenters. The minimum Gasteiger partial charge on any atom is -0.478 e. The van der Waals surface area contributed by atoms with Crippen molar-refractivity contribution in [2.45, 2.75) is 13.0 Å². The maximum Gasteiger partial charge on any atom is 0.337 e. The maximum atomic E-state index is 11.2. The number of para-hydroxylation sites is 1. The van der Waals surface area contributed by atoms with Gasteiger partial charge in [0.05, 0.1) is 16.8 Å². The predicted octanol–water partition coefficient (Wildman–Crippen LogP) is 1.83. The second-order valence-corrected chi connectivity index (χ2v) is 4.74. The van der Waals surface area contributed by atoms with E-state index in [1.165, 1.54) is 11.3 Å². The van der Waals surface area contributed by atoms with Crippen LogP contribution < -0.4 is 0 Å². The molecule has 0 saturated heterocycles. The molecule has 0 atom stereocenters. The van der Waals surface area contributed by atoms with E-state index in [9.17, 15) is 9.90 Å². The molecule has 6 nitrogen and oxygen atoms in total. The summed E-state index contributed by atoms with van der Waals surface area (Å²) in [6.45, 7) is 0.560. The average molecular weight is 274 g/mol. The number of rotatable bonds is 4. The molecule has 2 heterocycles. The first-order chi connectivity index (χ1) is 9.25. The molecule has 3 rings (SSSR count). The van der Waals surface area contributed by atoms with Gasteiger partial charge in [0, 0.05) is 18.3 Å². The summed E-state index contributed by atoms with van der Waals surface area (Å²) in [4.78, 5) is 15.4. The van der Waals surface area contributed by atoms with Gasteiger partial charge in [-0.3, -0.25) is 0 Å². The molecule has 0 radical (unpaired) electrons. The van der Waals surface area contributed by atoms with Crippen molar-refractivity contribution in [1.29, 1.82) is 0 Å². The van der Waals surface area contributed by atoms with Crippen LogP contribution in [-0.2, 0) is 13.0 Å². The first-order valence-corrected chi connectivity index (χ1v) is 6.62. The van der Waals surface area contributed by atoms with E-state index in [4.69, 9.17) is 0 Å². The van der Waals surface area contributed by atoms with E-state index in [-0.39, 0.29) is 5.56 Å². The highest BCUT2D eigenvalue weighted by Gasteiger charge is 2.14. The minimum absolute atomic E-state index is 0.223. The summed E-state index contributed by atoms with van der Waals surface area (Å²) in [5, 5.41) is 19.2. The Hall–Kier alpha value is -2.28. The third-order valence-corrected chi connectivity index (χ3v) is 3.46. The topological polar surface area (TPSA) is 80.9 Å². The molecule has 1 N–H and O–H groups in total. The molecule has 19 heavy (non-hydrogen) atoms. The number of aromatic nitrogens is 4. The summed E-state index contributed by atoms with van der Waals surface area (Å²) in [6, 6.07) is 4.99. The zero-order chi connectivity index (χ0) is 13.2. The SMILES string of the molecule is O=C(O)c1cccc2nnn(CCc3cscn3)c12. The fourth-order valence-electron chi connectivity index (χ4n) is 1.94. The van der Waals surface area contributed by atoms with Crippen LogP contribution in [0.2, 0.25) is 0 Å². The molecule has 0 aliphatic heterocycles. The summed E-state index contributed by atoms with van der Waals surface area (Å²) in [6.07, 6.45) is 0.704. The highest BCUT2D eigenvalue weighted by Crippen LogP contribution is 2.17. The molecule has 1 aromatic carbocycles. The van der Waals surface area contributed by atoms with Gasteiger partial charge in [0.15, 0.2) is 0 Å². The third-order valence-electron chi connectivity index (χ3n) is 2.83. The summed E-state index contributed by atoms with van der Waals surface area (Å²) >= 11 is 1.54. The molecule has 0 aliphatic rings. The molecule has 3 aromatic rings. The van der Waals surface area contributed by atoms with Crippen molar-refractivity contribution >= 4 is 28.3 Å². The van der Waals surface area contributed by atoms with Crippen molar-refractivity contribution in [1.82, 2.24) is 20.0 Å². The fraction of sp³-hybridized carbons (Fsp3) is 0.167. The molecular weight excluding hydrogens is 264 g/mol. The highest BCUT2D eigenvalue weighted by atomic mass is 32.1. The van der Waals surface area contributed by atoms with Gasteiger partial charge in [-0.05, 0) is 12.1 Å². The van der Waals surface area contributed by atoms with E-state index in [2.05, 4.69) is 15.3 Å². The standard InChI is InChI=1S/C12H10N4O2S/c17-12(18)9-2-1-3-10-11(9)16(15-14-10)5-4-8-6-19-7-13-8/h1-3,6-7H,4-5H2,(H,17,18). The molecule has 96 valence electrons. The summed E-state index contributed by atoms with van der Waals surface area (Å²) < 4.78 is 1.62. The Morgan fingerprint density at radius 3 is 3.05 bits per heavy atom. The summed E-state index contributed by atoms with van der Waals surface area (Å²) in [7, 11) is 0. The number of fused-ring (bicyclic) bond motifs is 1. The Morgan fingerprint density at radius 1 is 1.42 bits per heavy atom. The lowest BCUT2D eigenvalue weighted by molar-refractivity contribution is 0.0698. The number of benzene rings is 1. The van der Waals surface area contributed by atoms with Crippen LogP contribution in [0.4, 0.5) is 0 Å². The summed E-state index contributed by atoms with van der Waals surface area (Å²) in [5.74, 6) is -0.970. The Labute approximate surface area is 112 Å². The van der Waals surface area contributed by atoms with Crippen LogP contribution in [-0.4, -0.2) is 31.1 Å². The Balaban J connectivity index is 1.97. The molecule has 0 bridgehead atoms. The monoisotopic (exact) mass is 274 g/mol. The van der Waals surface area contributed by atoms with Crippen LogP contribution in [0.15, 0.2) is 29.1 Å². The Morgan fingerprint density at radius 2 is 2.32 bits per heavy atom. The first kappa shape index (κ1) is 11.8. The van der Waals surface area contributed by atoms with E-state index in [0.717, 1.165) is 5.69 Å². The van der Waals surface area contributed by atoms with Crippen LogP contribution in [0.3, 0.4) is 0 Å². The largest absolute Gasteiger partial charge is 0.478 e. The smallest absolute Gasteiger partial charge is 0.337 e. The van der Waals surface area contributed by atoms with Gasteiger partial charge in [-0.25, -0.2) is 14.5 Å². The number of carboxylic acids is 1. The lowest BCUT2D eigenvalue weighted by Crippen LogP contribution is -2.07. The van der Waals surface area contributed by atoms with Gasteiger partial charge in [-0.15, -0.1) is 16.4 Å². The van der Waals surface area contributed by atoms with Crippen LogP contribution in [0.1, 0.15) is 16.1 Å². The second-order valence-electron chi connectivity index (χ2n) is 4.02. The quantitative estimate of drug-likeness (QED) is 0.785. The summed E-state index contributed by atoms with van der Waals surface area (Å²) in [5.41, 5.74) is 4.13. The van der Waals surface area contributed by atoms with Gasteiger partial charge >= 0.3 is 5.97 Å². The van der Waals surface area contributed by atoms with Gasteiger partial charge in [0.25, 0.3) is 0 Å². The zero-order valence-corrected chi connectivity index (χ0v) is 10.7. The van der Waals surface area contributed by atoms with E-state index in [1.54, 1.807) is 28.4 Å². The van der Waals surface area contributed by atoms with E-state index in [0.29, 0.717) is 24.0 Å². The third kappa shape index (κ3) is 2.19. The predicted molar refractivity (Wildman–Crippen MR) is 70.3 cm³/mol. The van der Waals surface area contributed by atoms with Gasteiger partial charge in [0.2, 0.25) is 0 Å². The van der Waals surface area contributed by atoms with Crippen LogP contribution >= 0.6 is 11.3 Å². The average Bonchev–Trinajstić information content (AvgIpc) is 3.05. The van der Waals surface area contributed by atoms with Gasteiger partial charge < -0.3 is 5.11 Å². The number of hydrogen-bond donors (Lipinski definition) is 1. The van der Waals surface area contributed by atoms with Crippen molar-refractivity contribution in [2.75, 3.05) is 0 Å². The van der Waals surface area contributed by atoms with Crippen molar-refractivity contribution < 1.29 is 9.90 Å². The number of aromatic carboxylic acids is 1. The normalized spacial score (nSPS) is 10.9.